The molecule has 0 aromatic heterocycles. The molecule has 17 heavy (non-hydrogen) atoms. The largest absolute Gasteiger partial charge is 0.384 e. The predicted octanol–water partition coefficient (Wildman–Crippen LogP) is 1.74. The first-order chi connectivity index (χ1) is 7.97. The fraction of sp³-hybridized carbons (Fsp3) is 0.846. The minimum absolute atomic E-state index is 0.120. The number of amides is 2. The van der Waals surface area contributed by atoms with Gasteiger partial charge in [0.2, 0.25) is 11.8 Å². The second-order valence-electron chi connectivity index (χ2n) is 5.25. The van der Waals surface area contributed by atoms with Gasteiger partial charge in [0.15, 0.2) is 0 Å². The van der Waals surface area contributed by atoms with Crippen molar-refractivity contribution >= 4 is 11.8 Å². The average Bonchev–Trinajstić information content (AvgIpc) is 2.23. The van der Waals surface area contributed by atoms with Crippen LogP contribution in [0.4, 0.5) is 0 Å². The molecule has 2 unspecified atom stereocenters. The van der Waals surface area contributed by atoms with Gasteiger partial charge >= 0.3 is 0 Å². The van der Waals surface area contributed by atoms with Gasteiger partial charge in [-0.3, -0.25) is 14.9 Å². The second kappa shape index (κ2) is 5.63. The molecular formula is C13H23NO3. The first kappa shape index (κ1) is 14.2. The molecule has 4 nitrogen and oxygen atoms in total. The lowest BCUT2D eigenvalue weighted by atomic mass is 9.62. The Hall–Kier alpha value is -0.900. The zero-order valence-corrected chi connectivity index (χ0v) is 11.2. The van der Waals surface area contributed by atoms with Gasteiger partial charge in [-0.15, -0.1) is 0 Å². The number of nitrogens with one attached hydrogen (secondary N) is 1. The number of carbonyl (C=O) groups is 2. The molecule has 2 amide bonds. The van der Waals surface area contributed by atoms with E-state index in [4.69, 9.17) is 4.74 Å². The molecule has 1 fully saturated rings. The minimum atomic E-state index is -0.343. The summed E-state index contributed by atoms with van der Waals surface area (Å²) in [7, 11) is 1.63. The van der Waals surface area contributed by atoms with Crippen LogP contribution in [-0.2, 0) is 14.3 Å². The summed E-state index contributed by atoms with van der Waals surface area (Å²) in [4.78, 5) is 23.6. The highest BCUT2D eigenvalue weighted by molar-refractivity contribution is 5.99. The van der Waals surface area contributed by atoms with Crippen molar-refractivity contribution in [3.8, 4) is 0 Å². The molecule has 4 heteroatoms. The first-order valence-electron chi connectivity index (χ1n) is 6.30. The maximum atomic E-state index is 12.0. The van der Waals surface area contributed by atoms with Crippen molar-refractivity contribution in [3.63, 3.8) is 0 Å². The highest BCUT2D eigenvalue weighted by atomic mass is 16.5. The van der Waals surface area contributed by atoms with Gasteiger partial charge in [-0.1, -0.05) is 27.2 Å². The van der Waals surface area contributed by atoms with Gasteiger partial charge in [-0.25, -0.2) is 0 Å². The SMILES string of the molecule is CCCC1C(=O)NC(=O)CC1(COC)C(C)C. The summed E-state index contributed by atoms with van der Waals surface area (Å²) in [6.45, 7) is 6.65. The van der Waals surface area contributed by atoms with Crippen molar-refractivity contribution in [3.05, 3.63) is 0 Å². The third-order valence-corrected chi connectivity index (χ3v) is 3.90. The molecule has 1 heterocycles. The van der Waals surface area contributed by atoms with Crippen LogP contribution in [-0.4, -0.2) is 25.5 Å². The number of hydrogen-bond donors (Lipinski definition) is 1. The van der Waals surface area contributed by atoms with Crippen molar-refractivity contribution in [2.24, 2.45) is 17.3 Å². The van der Waals surface area contributed by atoms with E-state index in [1.165, 1.54) is 0 Å². The number of hydrogen-bond acceptors (Lipinski definition) is 3. The zero-order valence-electron chi connectivity index (χ0n) is 11.2. The molecule has 1 aliphatic rings. The number of ether oxygens (including phenoxy) is 1. The van der Waals surface area contributed by atoms with Crippen LogP contribution in [0.25, 0.3) is 0 Å². The van der Waals surface area contributed by atoms with Crippen molar-refractivity contribution in [2.75, 3.05) is 13.7 Å². The summed E-state index contributed by atoms with van der Waals surface area (Å²) in [5.74, 6) is -0.180. The Morgan fingerprint density at radius 1 is 1.47 bits per heavy atom. The number of methoxy groups -OCH3 is 1. The van der Waals surface area contributed by atoms with Crippen LogP contribution in [0.3, 0.4) is 0 Å². The molecular weight excluding hydrogens is 218 g/mol. The maximum absolute atomic E-state index is 12.0. The molecule has 0 spiro atoms. The van der Waals surface area contributed by atoms with Crippen LogP contribution in [0.15, 0.2) is 0 Å². The summed E-state index contributed by atoms with van der Waals surface area (Å²) < 4.78 is 5.29. The number of imide groups is 1. The fourth-order valence-electron chi connectivity index (χ4n) is 2.85. The monoisotopic (exact) mass is 241 g/mol. The van der Waals surface area contributed by atoms with E-state index in [2.05, 4.69) is 26.1 Å². The third-order valence-electron chi connectivity index (χ3n) is 3.90. The summed E-state index contributed by atoms with van der Waals surface area (Å²) >= 11 is 0. The van der Waals surface area contributed by atoms with Crippen LogP contribution in [0.5, 0.6) is 0 Å². The van der Waals surface area contributed by atoms with E-state index in [0.717, 1.165) is 12.8 Å². The van der Waals surface area contributed by atoms with Gasteiger partial charge < -0.3 is 4.74 Å². The van der Waals surface area contributed by atoms with E-state index in [-0.39, 0.29) is 29.1 Å². The molecule has 0 aliphatic carbocycles. The van der Waals surface area contributed by atoms with E-state index in [0.29, 0.717) is 13.0 Å². The van der Waals surface area contributed by atoms with Gasteiger partial charge in [-0.05, 0) is 12.3 Å². The highest BCUT2D eigenvalue weighted by Gasteiger charge is 2.49. The molecule has 1 rings (SSSR count). The normalized spacial score (nSPS) is 29.6. The Morgan fingerprint density at radius 3 is 2.59 bits per heavy atom. The Balaban J connectivity index is 3.08. The molecule has 0 saturated carbocycles. The summed E-state index contributed by atoms with van der Waals surface area (Å²) in [6, 6.07) is 0. The zero-order chi connectivity index (χ0) is 13.1. The van der Waals surface area contributed by atoms with E-state index in [9.17, 15) is 9.59 Å². The summed E-state index contributed by atoms with van der Waals surface area (Å²) in [6.07, 6.45) is 2.13. The van der Waals surface area contributed by atoms with E-state index >= 15 is 0 Å². The van der Waals surface area contributed by atoms with Crippen molar-refractivity contribution in [1.29, 1.82) is 0 Å². The smallest absolute Gasteiger partial charge is 0.230 e. The fourth-order valence-corrected chi connectivity index (χ4v) is 2.85. The molecule has 0 radical (unpaired) electrons. The van der Waals surface area contributed by atoms with E-state index in [1.54, 1.807) is 7.11 Å². The Kier molecular flexibility index (Phi) is 4.69. The third kappa shape index (κ3) is 2.68. The van der Waals surface area contributed by atoms with Gasteiger partial charge in [0.1, 0.15) is 0 Å². The van der Waals surface area contributed by atoms with Crippen molar-refractivity contribution in [1.82, 2.24) is 5.32 Å². The van der Waals surface area contributed by atoms with Crippen LogP contribution in [0.1, 0.15) is 40.0 Å². The molecule has 1 N–H and O–H groups in total. The maximum Gasteiger partial charge on any atom is 0.230 e. The molecule has 0 aromatic carbocycles. The molecule has 2 atom stereocenters. The van der Waals surface area contributed by atoms with Crippen LogP contribution < -0.4 is 5.32 Å². The van der Waals surface area contributed by atoms with Crippen molar-refractivity contribution < 1.29 is 14.3 Å². The molecule has 0 aromatic rings. The lowest BCUT2D eigenvalue weighted by Crippen LogP contribution is -2.56. The van der Waals surface area contributed by atoms with Crippen LogP contribution in [0, 0.1) is 17.3 Å². The quantitative estimate of drug-likeness (QED) is 0.746. The van der Waals surface area contributed by atoms with Crippen LogP contribution in [0.2, 0.25) is 0 Å². The number of piperidine rings is 1. The second-order valence-corrected chi connectivity index (χ2v) is 5.25. The average molecular weight is 241 g/mol. The molecule has 0 bridgehead atoms. The topological polar surface area (TPSA) is 55.4 Å². The Morgan fingerprint density at radius 2 is 2.12 bits per heavy atom. The Bertz CT molecular complexity index is 301. The summed E-state index contributed by atoms with van der Waals surface area (Å²) in [5.41, 5.74) is -0.343. The van der Waals surface area contributed by atoms with Gasteiger partial charge in [0, 0.05) is 24.9 Å². The number of carbonyl (C=O) groups excluding carboxylic acids is 2. The summed E-state index contributed by atoms with van der Waals surface area (Å²) in [5, 5.41) is 2.45. The van der Waals surface area contributed by atoms with Gasteiger partial charge in [0.25, 0.3) is 0 Å². The lowest BCUT2D eigenvalue weighted by molar-refractivity contribution is -0.150. The first-order valence-corrected chi connectivity index (χ1v) is 6.30. The predicted molar refractivity (Wildman–Crippen MR) is 65.3 cm³/mol. The molecule has 1 saturated heterocycles. The lowest BCUT2D eigenvalue weighted by Gasteiger charge is -2.45. The minimum Gasteiger partial charge on any atom is -0.384 e. The van der Waals surface area contributed by atoms with Gasteiger partial charge in [-0.2, -0.15) is 0 Å². The molecule has 98 valence electrons. The van der Waals surface area contributed by atoms with Crippen LogP contribution >= 0.6 is 0 Å². The highest BCUT2D eigenvalue weighted by Crippen LogP contribution is 2.44. The standard InChI is InChI=1S/C13H23NO3/c1-5-6-10-12(16)14-11(15)7-13(10,8-17-4)9(2)3/h9-10H,5-8H2,1-4H3,(H,14,15,16). The van der Waals surface area contributed by atoms with E-state index in [1.807, 2.05) is 0 Å². The Labute approximate surface area is 103 Å². The molecule has 1 aliphatic heterocycles. The van der Waals surface area contributed by atoms with Crippen molar-refractivity contribution in [2.45, 2.75) is 40.0 Å². The number of rotatable bonds is 5. The van der Waals surface area contributed by atoms with Gasteiger partial charge in [0.05, 0.1) is 6.61 Å². The van der Waals surface area contributed by atoms with E-state index < -0.39 is 0 Å².